The Morgan fingerprint density at radius 3 is 2.27 bits per heavy atom. The monoisotopic (exact) mass is 315 g/mol. The first-order valence-corrected chi connectivity index (χ1v) is 7.62. The average Bonchev–Trinajstić information content (AvgIpc) is 2.55. The Morgan fingerprint density at radius 1 is 0.909 bits per heavy atom. The van der Waals surface area contributed by atoms with Crippen LogP contribution in [0, 0.1) is 0 Å². The fraction of sp³-hybridized carbons (Fsp3) is 0.222. The van der Waals surface area contributed by atoms with Gasteiger partial charge in [0, 0.05) is 30.0 Å². The average molecular weight is 316 g/mol. The highest BCUT2D eigenvalue weighted by Crippen LogP contribution is 2.10. The Labute approximate surface area is 135 Å². The summed E-state index contributed by atoms with van der Waals surface area (Å²) < 4.78 is 0. The molecule has 2 aromatic carbocycles. The molecule has 0 fully saturated rings. The number of hydrogen-bond acceptors (Lipinski definition) is 2. The Balaban J connectivity index is 1.67. The quantitative estimate of drug-likeness (QED) is 0.785. The maximum atomic E-state index is 11.9. The van der Waals surface area contributed by atoms with E-state index in [1.807, 2.05) is 30.3 Å². The zero-order valence-corrected chi connectivity index (χ0v) is 13.0. The van der Waals surface area contributed by atoms with Crippen molar-refractivity contribution in [2.24, 2.45) is 0 Å². The van der Waals surface area contributed by atoms with Gasteiger partial charge in [0.25, 0.3) is 0 Å². The highest BCUT2D eigenvalue weighted by Gasteiger charge is 2.07. The molecule has 2 rings (SSSR count). The second-order valence-electron chi connectivity index (χ2n) is 5.05. The Bertz CT molecular complexity index is 623. The van der Waals surface area contributed by atoms with Gasteiger partial charge in [0.15, 0.2) is 5.78 Å². The summed E-state index contributed by atoms with van der Waals surface area (Å²) >= 11 is 5.80. The molecular formula is C18H18ClNO2. The number of amides is 1. The van der Waals surface area contributed by atoms with Crippen molar-refractivity contribution >= 4 is 23.3 Å². The van der Waals surface area contributed by atoms with Crippen molar-refractivity contribution in [3.8, 4) is 0 Å². The van der Waals surface area contributed by atoms with Crippen LogP contribution in [0.3, 0.4) is 0 Å². The van der Waals surface area contributed by atoms with Crippen LogP contribution in [-0.4, -0.2) is 11.7 Å². The number of carbonyl (C=O) groups is 2. The minimum atomic E-state index is -0.0455. The van der Waals surface area contributed by atoms with E-state index >= 15 is 0 Å². The van der Waals surface area contributed by atoms with Gasteiger partial charge in [-0.25, -0.2) is 0 Å². The summed E-state index contributed by atoms with van der Waals surface area (Å²) in [4.78, 5) is 23.6. The molecule has 2 aromatic rings. The molecule has 0 aliphatic carbocycles. The van der Waals surface area contributed by atoms with E-state index in [9.17, 15) is 9.59 Å². The molecule has 3 nitrogen and oxygen atoms in total. The molecule has 0 unspecified atom stereocenters. The molecule has 0 spiro atoms. The zero-order valence-electron chi connectivity index (χ0n) is 12.2. The maximum Gasteiger partial charge on any atom is 0.220 e. The summed E-state index contributed by atoms with van der Waals surface area (Å²) in [5, 5.41) is 3.51. The lowest BCUT2D eigenvalue weighted by Crippen LogP contribution is -2.22. The first-order valence-electron chi connectivity index (χ1n) is 7.24. The van der Waals surface area contributed by atoms with Gasteiger partial charge in [-0.3, -0.25) is 9.59 Å². The zero-order chi connectivity index (χ0) is 15.8. The van der Waals surface area contributed by atoms with Crippen molar-refractivity contribution in [2.75, 3.05) is 0 Å². The molecule has 22 heavy (non-hydrogen) atoms. The molecule has 1 amide bonds. The second-order valence-corrected chi connectivity index (χ2v) is 5.48. The molecule has 0 aliphatic heterocycles. The Morgan fingerprint density at radius 2 is 1.59 bits per heavy atom. The third-order valence-electron chi connectivity index (χ3n) is 3.31. The summed E-state index contributed by atoms with van der Waals surface area (Å²) in [6.07, 6.45) is 1.30. The van der Waals surface area contributed by atoms with Crippen molar-refractivity contribution in [3.05, 3.63) is 70.7 Å². The highest BCUT2D eigenvalue weighted by atomic mass is 35.5. The molecule has 4 heteroatoms. The molecule has 0 atom stereocenters. The summed E-state index contributed by atoms with van der Waals surface area (Å²) in [5.41, 5.74) is 1.70. The van der Waals surface area contributed by atoms with Crippen molar-refractivity contribution in [1.82, 2.24) is 5.32 Å². The lowest BCUT2D eigenvalue weighted by atomic mass is 10.1. The molecule has 1 N–H and O–H groups in total. The van der Waals surface area contributed by atoms with E-state index in [4.69, 9.17) is 11.6 Å². The summed E-state index contributed by atoms with van der Waals surface area (Å²) in [6.45, 7) is 0.475. The fourth-order valence-corrected chi connectivity index (χ4v) is 2.20. The summed E-state index contributed by atoms with van der Waals surface area (Å²) in [7, 11) is 0. The van der Waals surface area contributed by atoms with E-state index in [0.29, 0.717) is 36.4 Å². The van der Waals surface area contributed by atoms with Crippen molar-refractivity contribution in [3.63, 3.8) is 0 Å². The van der Waals surface area contributed by atoms with E-state index < -0.39 is 0 Å². The third kappa shape index (κ3) is 5.34. The Hall–Kier alpha value is -2.13. The Kier molecular flexibility index (Phi) is 6.16. The molecule has 0 saturated carbocycles. The molecule has 0 aliphatic rings. The van der Waals surface area contributed by atoms with Gasteiger partial charge >= 0.3 is 0 Å². The van der Waals surface area contributed by atoms with Crippen molar-refractivity contribution < 1.29 is 9.59 Å². The number of benzene rings is 2. The number of carbonyl (C=O) groups excluding carboxylic acids is 2. The smallest absolute Gasteiger partial charge is 0.220 e. The normalized spacial score (nSPS) is 10.2. The van der Waals surface area contributed by atoms with Gasteiger partial charge in [0.2, 0.25) is 5.91 Å². The topological polar surface area (TPSA) is 46.2 Å². The van der Waals surface area contributed by atoms with Gasteiger partial charge in [0.05, 0.1) is 0 Å². The van der Waals surface area contributed by atoms with Crippen LogP contribution in [0.2, 0.25) is 5.02 Å². The molecular weight excluding hydrogens is 298 g/mol. The minimum Gasteiger partial charge on any atom is -0.352 e. The van der Waals surface area contributed by atoms with Gasteiger partial charge in [-0.05, 0) is 24.1 Å². The van der Waals surface area contributed by atoms with Gasteiger partial charge in [-0.1, -0.05) is 54.1 Å². The predicted octanol–water partition coefficient (Wildman–Crippen LogP) is 4.01. The lowest BCUT2D eigenvalue weighted by Gasteiger charge is -2.05. The van der Waals surface area contributed by atoms with Crippen LogP contribution in [0.4, 0.5) is 0 Å². The number of halogens is 1. The first-order chi connectivity index (χ1) is 10.6. The third-order valence-corrected chi connectivity index (χ3v) is 3.56. The van der Waals surface area contributed by atoms with E-state index in [1.165, 1.54) is 0 Å². The van der Waals surface area contributed by atoms with Gasteiger partial charge in [-0.15, -0.1) is 0 Å². The molecule has 0 aromatic heterocycles. The SMILES string of the molecule is O=C(CCCC(=O)c1ccccc1)NCc1ccc(Cl)cc1. The number of Topliss-reactive ketones (excluding diaryl/α,β-unsaturated/α-hetero) is 1. The highest BCUT2D eigenvalue weighted by molar-refractivity contribution is 6.30. The molecule has 114 valence electrons. The number of nitrogens with one attached hydrogen (secondary N) is 1. The molecule has 0 heterocycles. The molecule has 0 saturated heterocycles. The first kappa shape index (κ1) is 16.2. The molecule has 0 bridgehead atoms. The maximum absolute atomic E-state index is 11.9. The van der Waals surface area contributed by atoms with Gasteiger partial charge in [-0.2, -0.15) is 0 Å². The number of rotatable bonds is 7. The van der Waals surface area contributed by atoms with E-state index in [0.717, 1.165) is 5.56 Å². The van der Waals surface area contributed by atoms with E-state index in [1.54, 1.807) is 24.3 Å². The van der Waals surface area contributed by atoms with E-state index in [-0.39, 0.29) is 11.7 Å². The predicted molar refractivity (Wildman–Crippen MR) is 87.9 cm³/mol. The van der Waals surface area contributed by atoms with E-state index in [2.05, 4.69) is 5.32 Å². The van der Waals surface area contributed by atoms with Crippen molar-refractivity contribution in [2.45, 2.75) is 25.8 Å². The van der Waals surface area contributed by atoms with Crippen LogP contribution in [0.1, 0.15) is 35.2 Å². The number of hydrogen-bond donors (Lipinski definition) is 1. The molecule has 0 radical (unpaired) electrons. The lowest BCUT2D eigenvalue weighted by molar-refractivity contribution is -0.121. The van der Waals surface area contributed by atoms with Gasteiger partial charge < -0.3 is 5.32 Å². The van der Waals surface area contributed by atoms with Crippen LogP contribution in [0.15, 0.2) is 54.6 Å². The van der Waals surface area contributed by atoms with Crippen molar-refractivity contribution in [1.29, 1.82) is 0 Å². The summed E-state index contributed by atoms with van der Waals surface area (Å²) in [6, 6.07) is 16.5. The van der Waals surface area contributed by atoms with Gasteiger partial charge in [0.1, 0.15) is 0 Å². The standard InChI is InChI=1S/C18H18ClNO2/c19-16-11-9-14(10-12-16)13-20-18(22)8-4-7-17(21)15-5-2-1-3-6-15/h1-3,5-6,9-12H,4,7-8,13H2,(H,20,22). The second kappa shape index (κ2) is 8.35. The summed E-state index contributed by atoms with van der Waals surface area (Å²) in [5.74, 6) is 0.0295. The van der Waals surface area contributed by atoms with Crippen LogP contribution in [0.5, 0.6) is 0 Å². The van der Waals surface area contributed by atoms with Crippen LogP contribution < -0.4 is 5.32 Å². The van der Waals surface area contributed by atoms with Crippen LogP contribution in [0.25, 0.3) is 0 Å². The largest absolute Gasteiger partial charge is 0.352 e. The van der Waals surface area contributed by atoms with Crippen LogP contribution in [-0.2, 0) is 11.3 Å². The minimum absolute atomic E-state index is 0.0455. The number of ketones is 1. The fourth-order valence-electron chi connectivity index (χ4n) is 2.07. The van der Waals surface area contributed by atoms with Crippen LogP contribution >= 0.6 is 11.6 Å².